The fourth-order valence-electron chi connectivity index (χ4n) is 8.87. The van der Waals surface area contributed by atoms with Gasteiger partial charge in [0.1, 0.15) is 21.6 Å². The summed E-state index contributed by atoms with van der Waals surface area (Å²) in [5.41, 5.74) is 16.1. The van der Waals surface area contributed by atoms with Gasteiger partial charge in [-0.25, -0.2) is 0 Å². The van der Waals surface area contributed by atoms with E-state index in [4.69, 9.17) is 9.98 Å². The van der Waals surface area contributed by atoms with Crippen LogP contribution in [0.5, 0.6) is 0 Å². The number of thioether (sulfide) groups is 2. The lowest BCUT2D eigenvalue weighted by Gasteiger charge is -2.44. The zero-order valence-corrected chi connectivity index (χ0v) is 28.7. The van der Waals surface area contributed by atoms with E-state index in [0.29, 0.717) is 0 Å². The fraction of sp³-hybridized carbons (Fsp3) is 0.0870. The second-order valence-corrected chi connectivity index (χ2v) is 16.0. The molecule has 4 bridgehead atoms. The quantitative estimate of drug-likeness (QED) is 0.183. The van der Waals surface area contributed by atoms with Crippen molar-refractivity contribution in [2.24, 2.45) is 9.98 Å². The van der Waals surface area contributed by atoms with E-state index >= 15 is 0 Å². The predicted octanol–water partition coefficient (Wildman–Crippen LogP) is 11.2. The van der Waals surface area contributed by atoms with E-state index in [1.807, 2.05) is 23.5 Å². The summed E-state index contributed by atoms with van der Waals surface area (Å²) in [6, 6.07) is 57.0. The molecule has 4 heteroatoms. The number of benzene rings is 6. The first-order valence-electron chi connectivity index (χ1n) is 17.2. The molecule has 0 N–H and O–H groups in total. The second-order valence-electron chi connectivity index (χ2n) is 13.5. The highest BCUT2D eigenvalue weighted by Crippen LogP contribution is 2.65. The lowest BCUT2D eigenvalue weighted by Crippen LogP contribution is -2.40. The van der Waals surface area contributed by atoms with Crippen molar-refractivity contribution >= 4 is 44.8 Å². The van der Waals surface area contributed by atoms with Crippen LogP contribution in [0, 0.1) is 0 Å². The van der Waals surface area contributed by atoms with Crippen molar-refractivity contribution in [2.45, 2.75) is 21.6 Å². The van der Waals surface area contributed by atoms with E-state index in [1.165, 1.54) is 76.9 Å². The minimum absolute atomic E-state index is 0.135. The lowest BCUT2D eigenvalue weighted by molar-refractivity contribution is 0.728. The van der Waals surface area contributed by atoms with Gasteiger partial charge in [-0.2, -0.15) is 0 Å². The van der Waals surface area contributed by atoms with E-state index < -0.39 is 0 Å². The molecule has 2 spiro atoms. The van der Waals surface area contributed by atoms with Crippen LogP contribution in [0.4, 0.5) is 0 Å². The standard InChI is InChI=1S/2C23H15NS/c2*1-2-8-15(9-3-1)20-14-21-23(25-20)18-12-6-4-10-16(18)22(24-21)17-11-5-7-13-19(17)23/h2*1-14,22H. The fourth-order valence-corrected chi connectivity index (χ4v) is 12.0. The Kier molecular flexibility index (Phi) is 6.11. The average Bonchev–Trinajstić information content (AvgIpc) is 3.81. The molecule has 6 aliphatic heterocycles. The van der Waals surface area contributed by atoms with Crippen molar-refractivity contribution in [3.05, 3.63) is 226 Å². The minimum atomic E-state index is -0.187. The molecule has 0 saturated heterocycles. The Morgan fingerprint density at radius 2 is 0.660 bits per heavy atom. The average molecular weight is 675 g/mol. The van der Waals surface area contributed by atoms with Gasteiger partial charge >= 0.3 is 0 Å². The molecule has 0 fully saturated rings. The van der Waals surface area contributed by atoms with Gasteiger partial charge in [0, 0.05) is 9.81 Å². The van der Waals surface area contributed by atoms with E-state index in [0.717, 1.165) is 0 Å². The van der Waals surface area contributed by atoms with Gasteiger partial charge in [-0.05, 0) is 67.8 Å². The van der Waals surface area contributed by atoms with Crippen LogP contribution in [0.1, 0.15) is 67.7 Å². The van der Waals surface area contributed by atoms with Gasteiger partial charge in [-0.1, -0.05) is 158 Å². The highest BCUT2D eigenvalue weighted by molar-refractivity contribution is 8.11. The summed E-state index contributed by atoms with van der Waals surface area (Å²) in [5, 5.41) is 0. The van der Waals surface area contributed by atoms with Crippen LogP contribution in [0.15, 0.2) is 180 Å². The largest absolute Gasteiger partial charge is 0.275 e. The van der Waals surface area contributed by atoms with Gasteiger partial charge in [-0.15, -0.1) is 23.5 Å². The van der Waals surface area contributed by atoms with Crippen LogP contribution in [-0.2, 0) is 9.49 Å². The molecule has 14 rings (SSSR count). The first-order chi connectivity index (χ1) is 24.8. The third kappa shape index (κ3) is 3.78. The third-order valence-electron chi connectivity index (χ3n) is 11.0. The molecule has 236 valence electrons. The monoisotopic (exact) mass is 674 g/mol. The first-order valence-corrected chi connectivity index (χ1v) is 18.9. The Morgan fingerprint density at radius 3 is 1.00 bits per heavy atom. The maximum absolute atomic E-state index is 5.18. The Hall–Kier alpha value is -5.16. The van der Waals surface area contributed by atoms with Gasteiger partial charge < -0.3 is 0 Å². The van der Waals surface area contributed by atoms with Crippen molar-refractivity contribution in [2.75, 3.05) is 0 Å². The number of allylic oxidation sites excluding steroid dienone is 2. The Morgan fingerprint density at radius 1 is 0.360 bits per heavy atom. The van der Waals surface area contributed by atoms with E-state index in [9.17, 15) is 0 Å². The zero-order valence-electron chi connectivity index (χ0n) is 27.0. The summed E-state index contributed by atoms with van der Waals surface area (Å²) < 4.78 is -0.375. The Labute approximate surface area is 300 Å². The zero-order chi connectivity index (χ0) is 32.9. The molecule has 6 aromatic rings. The summed E-state index contributed by atoms with van der Waals surface area (Å²) in [5.74, 6) is 0. The number of hydrogen-bond donors (Lipinski definition) is 0. The summed E-state index contributed by atoms with van der Waals surface area (Å²) in [7, 11) is 0. The maximum Gasteiger partial charge on any atom is 0.113 e. The van der Waals surface area contributed by atoms with Crippen LogP contribution < -0.4 is 0 Å². The van der Waals surface area contributed by atoms with E-state index in [-0.39, 0.29) is 21.6 Å². The molecule has 2 aliphatic carbocycles. The molecule has 0 amide bonds. The topological polar surface area (TPSA) is 24.7 Å². The van der Waals surface area contributed by atoms with Crippen LogP contribution in [0.25, 0.3) is 9.81 Å². The number of nitrogens with zero attached hydrogens (tertiary/aromatic N) is 2. The number of aliphatic imine (C=N–C) groups is 2. The SMILES string of the molecule is C1=C(c2ccccc2)SC23C1=NC(c1ccccc12)c1ccccc13.C1=C(c2ccccc2)SC23C1=NC(c1ccccc12)c1ccccc13. The summed E-state index contributed by atoms with van der Waals surface area (Å²) >= 11 is 3.90. The molecule has 50 heavy (non-hydrogen) atoms. The lowest BCUT2D eigenvalue weighted by atomic mass is 9.70. The second kappa shape index (κ2) is 10.7. The highest BCUT2D eigenvalue weighted by Gasteiger charge is 2.55. The first kappa shape index (κ1) is 28.7. The Balaban J connectivity index is 0.000000120. The minimum Gasteiger partial charge on any atom is -0.275 e. The highest BCUT2D eigenvalue weighted by atomic mass is 32.2. The van der Waals surface area contributed by atoms with Crippen LogP contribution in [0.2, 0.25) is 0 Å². The van der Waals surface area contributed by atoms with Gasteiger partial charge in [0.2, 0.25) is 0 Å². The number of rotatable bonds is 2. The molecule has 8 aliphatic rings. The summed E-state index contributed by atoms with van der Waals surface area (Å²) in [6.07, 6.45) is 4.61. The molecule has 0 saturated carbocycles. The summed E-state index contributed by atoms with van der Waals surface area (Å²) in [4.78, 5) is 13.0. The molecule has 0 atom stereocenters. The molecular weight excluding hydrogens is 645 g/mol. The summed E-state index contributed by atoms with van der Waals surface area (Å²) in [6.45, 7) is 0. The van der Waals surface area contributed by atoms with Crippen LogP contribution in [0.3, 0.4) is 0 Å². The van der Waals surface area contributed by atoms with Crippen LogP contribution in [-0.4, -0.2) is 11.4 Å². The van der Waals surface area contributed by atoms with E-state index in [1.54, 1.807) is 0 Å². The van der Waals surface area contributed by atoms with Gasteiger partial charge in [0.25, 0.3) is 0 Å². The predicted molar refractivity (Wildman–Crippen MR) is 210 cm³/mol. The molecule has 6 aromatic carbocycles. The Bertz CT molecular complexity index is 2240. The molecule has 0 unspecified atom stereocenters. The van der Waals surface area contributed by atoms with Gasteiger partial charge in [-0.3, -0.25) is 9.98 Å². The van der Waals surface area contributed by atoms with Crippen molar-refractivity contribution in [1.29, 1.82) is 0 Å². The van der Waals surface area contributed by atoms with Gasteiger partial charge in [0.15, 0.2) is 0 Å². The molecule has 0 radical (unpaired) electrons. The van der Waals surface area contributed by atoms with Crippen LogP contribution >= 0.6 is 23.5 Å². The van der Waals surface area contributed by atoms with Gasteiger partial charge in [0.05, 0.1) is 11.4 Å². The maximum atomic E-state index is 5.18. The molecule has 6 heterocycles. The molecule has 0 aromatic heterocycles. The van der Waals surface area contributed by atoms with Crippen molar-refractivity contribution in [1.82, 2.24) is 0 Å². The normalized spacial score (nSPS) is 24.9. The van der Waals surface area contributed by atoms with Crippen molar-refractivity contribution in [3.8, 4) is 0 Å². The molecule has 2 nitrogen and oxygen atoms in total. The smallest absolute Gasteiger partial charge is 0.113 e. The van der Waals surface area contributed by atoms with E-state index in [2.05, 4.69) is 170 Å². The molecular formula is C46H30N2S2. The van der Waals surface area contributed by atoms with Crippen molar-refractivity contribution in [3.63, 3.8) is 0 Å². The van der Waals surface area contributed by atoms with Crippen molar-refractivity contribution < 1.29 is 0 Å². The third-order valence-corrected chi connectivity index (χ3v) is 14.0. The number of hydrogen-bond acceptors (Lipinski definition) is 4.